The van der Waals surface area contributed by atoms with Gasteiger partial charge < -0.3 is 14.8 Å². The molecule has 11 nitrogen and oxygen atoms in total. The third-order valence-electron chi connectivity index (χ3n) is 2.47. The fourth-order valence-corrected chi connectivity index (χ4v) is 2.74. The molecular weight excluding hydrogens is 270 g/mol. The van der Waals surface area contributed by atoms with E-state index in [1.165, 1.54) is 7.11 Å². The molecule has 0 radical (unpaired) electrons. The van der Waals surface area contributed by atoms with Crippen molar-refractivity contribution in [3.05, 3.63) is 10.4 Å². The van der Waals surface area contributed by atoms with Crippen LogP contribution in [0.15, 0.2) is 4.52 Å². The van der Waals surface area contributed by atoms with Gasteiger partial charge in [0.2, 0.25) is 6.29 Å². The van der Waals surface area contributed by atoms with Crippen LogP contribution in [0.5, 0.6) is 0 Å². The molecule has 2 saturated heterocycles. The zero-order valence-electron chi connectivity index (χ0n) is 8.88. The molecule has 2 fully saturated rings. The van der Waals surface area contributed by atoms with E-state index < -0.39 is 40.6 Å². The Kier molecular flexibility index (Phi) is 2.77. The topological polar surface area (TPSA) is 151 Å². The first-order valence-electron chi connectivity index (χ1n) is 4.57. The molecule has 2 amide bonds. The zero-order chi connectivity index (χ0) is 13.5. The summed E-state index contributed by atoms with van der Waals surface area (Å²) >= 11 is 0. The molecule has 0 aliphatic carbocycles. The quantitative estimate of drug-likeness (QED) is 0.297. The summed E-state index contributed by atoms with van der Waals surface area (Å²) in [6, 6.07) is -3.48. The first-order chi connectivity index (χ1) is 8.42. The summed E-state index contributed by atoms with van der Waals surface area (Å²) in [6.45, 7) is 0. The minimum absolute atomic E-state index is 0.152. The Hall–Kier alpha value is -2.04. The number of ether oxygens (including phenoxy) is 2. The molecule has 1 N–H and O–H groups in total. The monoisotopic (exact) mass is 277 g/mol. The fourth-order valence-electron chi connectivity index (χ4n) is 1.80. The lowest BCUT2D eigenvalue weighted by Gasteiger charge is -2.14. The first-order valence-corrected chi connectivity index (χ1v) is 5.96. The maximum absolute atomic E-state index is 11.5. The number of cyclic esters (lactones) is 1. The predicted octanol–water partition coefficient (Wildman–Crippen LogP) is -1.17. The molecule has 2 aliphatic rings. The van der Waals surface area contributed by atoms with Crippen molar-refractivity contribution >= 4 is 22.2 Å². The average Bonchev–Trinajstić information content (AvgIpc) is 2.76. The summed E-state index contributed by atoms with van der Waals surface area (Å²) in [5.74, 6) is -0.957. The van der Waals surface area contributed by atoms with Gasteiger partial charge in [-0.3, -0.25) is 0 Å². The highest BCUT2D eigenvalue weighted by Gasteiger charge is 2.59. The molecular formula is C6H7N5O6S. The van der Waals surface area contributed by atoms with Crippen LogP contribution in [0.1, 0.15) is 0 Å². The van der Waals surface area contributed by atoms with Crippen LogP contribution in [-0.2, 0) is 24.5 Å². The Balaban J connectivity index is 2.42. The lowest BCUT2D eigenvalue weighted by Crippen LogP contribution is -2.42. The second-order valence-electron chi connectivity index (χ2n) is 3.41. The molecule has 2 heterocycles. The van der Waals surface area contributed by atoms with Gasteiger partial charge >= 0.3 is 22.2 Å². The second-order valence-corrected chi connectivity index (χ2v) is 4.86. The largest absolute Gasteiger partial charge is 0.432 e. The fraction of sp³-hybridized carbons (Fsp3) is 0.667. The summed E-state index contributed by atoms with van der Waals surface area (Å²) < 4.78 is 35.2. The van der Waals surface area contributed by atoms with Crippen LogP contribution in [-0.4, -0.2) is 50.2 Å². The van der Waals surface area contributed by atoms with Gasteiger partial charge in [0.15, 0.2) is 6.04 Å². The van der Waals surface area contributed by atoms with Gasteiger partial charge in [-0.15, -0.1) is 0 Å². The van der Waals surface area contributed by atoms with Crippen LogP contribution in [0.25, 0.3) is 10.4 Å². The van der Waals surface area contributed by atoms with E-state index in [9.17, 15) is 18.0 Å². The zero-order valence-corrected chi connectivity index (χ0v) is 9.70. The number of methoxy groups -OCH3 is 1. The van der Waals surface area contributed by atoms with Gasteiger partial charge in [-0.1, -0.05) is 0 Å². The van der Waals surface area contributed by atoms with Crippen molar-refractivity contribution in [2.75, 3.05) is 7.11 Å². The normalized spacial score (nSPS) is 30.5. The molecule has 0 bridgehead atoms. The van der Waals surface area contributed by atoms with E-state index in [0.717, 1.165) is 0 Å². The molecule has 3 unspecified atom stereocenters. The number of hydrogen-bond donors (Lipinski definition) is 1. The highest BCUT2D eigenvalue weighted by molar-refractivity contribution is 7.88. The Morgan fingerprint density at radius 1 is 1.56 bits per heavy atom. The predicted molar refractivity (Wildman–Crippen MR) is 52.9 cm³/mol. The molecule has 2 rings (SSSR count). The van der Waals surface area contributed by atoms with E-state index in [1.54, 1.807) is 0 Å². The van der Waals surface area contributed by atoms with E-state index in [2.05, 4.69) is 14.7 Å². The van der Waals surface area contributed by atoms with Gasteiger partial charge in [0.05, 0.1) is 4.52 Å². The summed E-state index contributed by atoms with van der Waals surface area (Å²) in [5.41, 5.74) is 8.13. The Morgan fingerprint density at radius 2 is 2.22 bits per heavy atom. The van der Waals surface area contributed by atoms with Crippen molar-refractivity contribution in [1.29, 1.82) is 0 Å². The van der Waals surface area contributed by atoms with Gasteiger partial charge in [-0.2, -0.15) is 12.7 Å². The Morgan fingerprint density at radius 3 is 2.78 bits per heavy atom. The van der Waals surface area contributed by atoms with Crippen molar-refractivity contribution in [2.24, 2.45) is 4.52 Å². The summed E-state index contributed by atoms with van der Waals surface area (Å²) in [5, 5.41) is 2.22. The number of rotatable bonds is 3. The second kappa shape index (κ2) is 4.01. The van der Waals surface area contributed by atoms with Crippen LogP contribution in [0.2, 0.25) is 0 Å². The molecule has 0 spiro atoms. The van der Waals surface area contributed by atoms with Crippen molar-refractivity contribution < 1.29 is 27.5 Å². The number of hydrogen-bond acceptors (Lipinski definition) is 6. The van der Waals surface area contributed by atoms with Crippen LogP contribution in [0.3, 0.4) is 0 Å². The Labute approximate surface area is 100 Å². The van der Waals surface area contributed by atoms with Gasteiger partial charge in [0.25, 0.3) is 0 Å². The number of esters is 1. The van der Waals surface area contributed by atoms with Crippen LogP contribution < -0.4 is 5.32 Å². The SMILES string of the molecule is COC1OC(=O)C2C1NC(=O)N2S(=O)(=O)N=[N+]=[N-]. The molecule has 98 valence electrons. The molecule has 0 aromatic rings. The standard InChI is InChI=1S/C6H7N5O6S/c1-16-5-2-3(4(12)17-5)11(6(13)8-2)18(14,15)10-9-7/h2-3,5H,1H3,(H,8,13). The number of carbonyl (C=O) groups excluding carboxylic acids is 2. The average molecular weight is 277 g/mol. The van der Waals surface area contributed by atoms with Gasteiger partial charge in [0.1, 0.15) is 6.04 Å². The molecule has 3 atom stereocenters. The highest BCUT2D eigenvalue weighted by atomic mass is 32.2. The Bertz CT molecular complexity index is 553. The number of carbonyl (C=O) groups is 2. The third-order valence-corrected chi connectivity index (χ3v) is 3.64. The third kappa shape index (κ3) is 1.63. The number of urea groups is 1. The molecule has 18 heavy (non-hydrogen) atoms. The maximum atomic E-state index is 11.5. The lowest BCUT2D eigenvalue weighted by molar-refractivity contribution is -0.160. The van der Waals surface area contributed by atoms with Crippen LogP contribution >= 0.6 is 0 Å². The minimum atomic E-state index is -4.60. The highest BCUT2D eigenvalue weighted by Crippen LogP contribution is 2.29. The van der Waals surface area contributed by atoms with Crippen LogP contribution in [0, 0.1) is 0 Å². The van der Waals surface area contributed by atoms with Gasteiger partial charge in [-0.25, -0.2) is 9.59 Å². The number of fused-ring (bicyclic) bond motifs is 1. The number of amides is 2. The smallest absolute Gasteiger partial charge is 0.334 e. The van der Waals surface area contributed by atoms with Crippen molar-refractivity contribution in [1.82, 2.24) is 9.62 Å². The summed E-state index contributed by atoms with van der Waals surface area (Å²) in [6.07, 6.45) is -1.09. The summed E-state index contributed by atoms with van der Waals surface area (Å²) in [4.78, 5) is 25.1. The van der Waals surface area contributed by atoms with E-state index in [4.69, 9.17) is 15.0 Å². The lowest BCUT2D eigenvalue weighted by atomic mass is 10.2. The summed E-state index contributed by atoms with van der Waals surface area (Å²) in [7, 11) is -3.37. The minimum Gasteiger partial charge on any atom is -0.432 e. The van der Waals surface area contributed by atoms with Crippen molar-refractivity contribution in [2.45, 2.75) is 18.4 Å². The van der Waals surface area contributed by atoms with E-state index >= 15 is 0 Å². The molecule has 0 aromatic heterocycles. The first kappa shape index (κ1) is 12.4. The number of azide groups is 1. The molecule has 0 aromatic carbocycles. The number of nitrogens with one attached hydrogen (secondary N) is 1. The van der Waals surface area contributed by atoms with Crippen LogP contribution in [0.4, 0.5) is 4.79 Å². The molecule has 12 heteroatoms. The van der Waals surface area contributed by atoms with Crippen molar-refractivity contribution in [3.8, 4) is 0 Å². The van der Waals surface area contributed by atoms with Crippen molar-refractivity contribution in [3.63, 3.8) is 0 Å². The van der Waals surface area contributed by atoms with E-state index in [1.807, 2.05) is 0 Å². The molecule has 2 aliphatic heterocycles. The number of nitrogens with zero attached hydrogens (tertiary/aromatic N) is 4. The van der Waals surface area contributed by atoms with Gasteiger partial charge in [0, 0.05) is 12.0 Å². The van der Waals surface area contributed by atoms with E-state index in [-0.39, 0.29) is 4.31 Å². The van der Waals surface area contributed by atoms with Gasteiger partial charge in [-0.05, 0) is 5.53 Å². The molecule has 0 saturated carbocycles. The van der Waals surface area contributed by atoms with E-state index in [0.29, 0.717) is 0 Å². The maximum Gasteiger partial charge on any atom is 0.334 e.